The Morgan fingerprint density at radius 3 is 2.33 bits per heavy atom. The van der Waals surface area contributed by atoms with Crippen molar-refractivity contribution >= 4 is 13.2 Å². The summed E-state index contributed by atoms with van der Waals surface area (Å²) < 4.78 is 4.53. The molecular weight excluding hydrogens is 151 g/mol. The van der Waals surface area contributed by atoms with E-state index in [4.69, 9.17) is 0 Å². The first kappa shape index (κ1) is 11.0. The molecule has 0 amide bonds. The molecule has 0 aromatic rings. The Balaban J connectivity index is 4.27. The zero-order valence-electron chi connectivity index (χ0n) is 8.05. The molecule has 0 heterocycles. The summed E-state index contributed by atoms with van der Waals surface area (Å²) in [5.41, 5.74) is 1.73. The maximum Gasteiger partial charge on any atom is 0.333 e. The summed E-state index contributed by atoms with van der Waals surface area (Å²) in [5, 5.41) is 0. The molecule has 0 aliphatic rings. The maximum atomic E-state index is 10.9. The van der Waals surface area contributed by atoms with E-state index < -0.39 is 0 Å². The number of hydrogen-bond donors (Lipinski definition) is 0. The molecule has 0 saturated carbocycles. The van der Waals surface area contributed by atoms with Gasteiger partial charge in [0.15, 0.2) is 0 Å². The quantitative estimate of drug-likeness (QED) is 0.275. The first-order valence-electron chi connectivity index (χ1n) is 3.84. The lowest BCUT2D eigenvalue weighted by atomic mass is 9.73. The standard InChI is InChI=1S/C9H14BO2/c1-7(9(11)12-4)5-6-8(2)10-3/h5-6H,1-4H3/b7-5+,8-6+. The number of carbonyl (C=O) groups is 1. The second kappa shape index (κ2) is 5.64. The molecule has 0 aliphatic heterocycles. The van der Waals surface area contributed by atoms with E-state index in [2.05, 4.69) is 4.74 Å². The van der Waals surface area contributed by atoms with Gasteiger partial charge >= 0.3 is 5.97 Å². The lowest BCUT2D eigenvalue weighted by Crippen LogP contribution is -2.00. The number of hydrogen-bond acceptors (Lipinski definition) is 2. The van der Waals surface area contributed by atoms with Gasteiger partial charge in [0, 0.05) is 5.57 Å². The highest BCUT2D eigenvalue weighted by Gasteiger charge is 1.99. The van der Waals surface area contributed by atoms with E-state index in [0.29, 0.717) is 5.57 Å². The Morgan fingerprint density at radius 1 is 1.33 bits per heavy atom. The van der Waals surface area contributed by atoms with Gasteiger partial charge in [0.2, 0.25) is 0 Å². The Labute approximate surface area is 74.5 Å². The monoisotopic (exact) mass is 165 g/mol. The van der Waals surface area contributed by atoms with E-state index in [9.17, 15) is 4.79 Å². The van der Waals surface area contributed by atoms with Crippen molar-refractivity contribution in [1.82, 2.24) is 0 Å². The van der Waals surface area contributed by atoms with E-state index >= 15 is 0 Å². The minimum absolute atomic E-state index is 0.282. The van der Waals surface area contributed by atoms with Crippen LogP contribution >= 0.6 is 0 Å². The number of esters is 1. The van der Waals surface area contributed by atoms with Gasteiger partial charge in [-0.1, -0.05) is 25.9 Å². The molecule has 0 saturated heterocycles. The topological polar surface area (TPSA) is 26.3 Å². The third-order valence-corrected chi connectivity index (χ3v) is 1.56. The second-order valence-electron chi connectivity index (χ2n) is 2.54. The van der Waals surface area contributed by atoms with Crippen LogP contribution in [0.1, 0.15) is 13.8 Å². The maximum absolute atomic E-state index is 10.9. The zero-order chi connectivity index (χ0) is 9.56. The van der Waals surface area contributed by atoms with Crippen molar-refractivity contribution in [3.63, 3.8) is 0 Å². The van der Waals surface area contributed by atoms with Crippen molar-refractivity contribution in [2.24, 2.45) is 0 Å². The predicted molar refractivity (Wildman–Crippen MR) is 51.1 cm³/mol. The van der Waals surface area contributed by atoms with Gasteiger partial charge in [-0.2, -0.15) is 0 Å². The molecule has 0 aliphatic carbocycles. The smallest absolute Gasteiger partial charge is 0.333 e. The lowest BCUT2D eigenvalue weighted by Gasteiger charge is -1.96. The van der Waals surface area contributed by atoms with Crippen LogP contribution in [0.4, 0.5) is 0 Å². The van der Waals surface area contributed by atoms with Crippen molar-refractivity contribution in [3.8, 4) is 0 Å². The van der Waals surface area contributed by atoms with Gasteiger partial charge in [0.1, 0.15) is 7.28 Å². The highest BCUT2D eigenvalue weighted by molar-refractivity contribution is 6.43. The molecule has 0 aromatic heterocycles. The van der Waals surface area contributed by atoms with Gasteiger partial charge in [0.25, 0.3) is 0 Å². The van der Waals surface area contributed by atoms with Crippen LogP contribution in [0.2, 0.25) is 6.82 Å². The van der Waals surface area contributed by atoms with Gasteiger partial charge < -0.3 is 4.74 Å². The fraction of sp³-hybridized carbons (Fsp3) is 0.444. The Hall–Kier alpha value is -0.985. The first-order chi connectivity index (χ1) is 5.61. The van der Waals surface area contributed by atoms with E-state index in [1.807, 2.05) is 27.1 Å². The SMILES string of the molecule is C[B]/C(C)=C/C=C(\C)C(=O)OC. The van der Waals surface area contributed by atoms with Gasteiger partial charge in [-0.3, -0.25) is 0 Å². The van der Waals surface area contributed by atoms with E-state index in [1.165, 1.54) is 7.11 Å². The number of rotatable bonds is 3. The van der Waals surface area contributed by atoms with Gasteiger partial charge in [-0.15, -0.1) is 5.47 Å². The fourth-order valence-corrected chi connectivity index (χ4v) is 0.582. The molecule has 0 bridgehead atoms. The molecule has 0 N–H and O–H groups in total. The number of ether oxygens (including phenoxy) is 1. The van der Waals surface area contributed by atoms with Crippen LogP contribution in [0, 0.1) is 0 Å². The molecule has 0 unspecified atom stereocenters. The Morgan fingerprint density at radius 2 is 1.92 bits per heavy atom. The summed E-state index contributed by atoms with van der Waals surface area (Å²) in [7, 11) is 3.35. The van der Waals surface area contributed by atoms with Crippen molar-refractivity contribution < 1.29 is 9.53 Å². The normalized spacial score (nSPS) is 12.7. The Bertz CT molecular complexity index is 217. The van der Waals surface area contributed by atoms with Crippen molar-refractivity contribution in [2.45, 2.75) is 20.7 Å². The molecule has 65 valence electrons. The minimum Gasteiger partial charge on any atom is -0.466 e. The number of methoxy groups -OCH3 is 1. The highest BCUT2D eigenvalue weighted by atomic mass is 16.5. The summed E-state index contributed by atoms with van der Waals surface area (Å²) in [5.74, 6) is -0.282. The van der Waals surface area contributed by atoms with Crippen LogP contribution in [0.5, 0.6) is 0 Å². The van der Waals surface area contributed by atoms with Crippen LogP contribution in [-0.4, -0.2) is 20.4 Å². The van der Waals surface area contributed by atoms with Gasteiger partial charge in [-0.25, -0.2) is 4.79 Å². The minimum atomic E-state index is -0.282. The third-order valence-electron chi connectivity index (χ3n) is 1.56. The molecular formula is C9H14BO2. The van der Waals surface area contributed by atoms with E-state index in [1.54, 1.807) is 13.0 Å². The molecule has 1 radical (unpaired) electrons. The fourth-order valence-electron chi connectivity index (χ4n) is 0.582. The summed E-state index contributed by atoms with van der Waals surface area (Å²) >= 11 is 0. The predicted octanol–water partition coefficient (Wildman–Crippen LogP) is 1.76. The van der Waals surface area contributed by atoms with Crippen LogP contribution in [0.3, 0.4) is 0 Å². The molecule has 0 fully saturated rings. The Kier molecular flexibility index (Phi) is 5.18. The molecule has 0 rings (SSSR count). The second-order valence-corrected chi connectivity index (χ2v) is 2.54. The summed E-state index contributed by atoms with van der Waals surface area (Å²) in [4.78, 5) is 10.9. The third kappa shape index (κ3) is 4.01. The summed E-state index contributed by atoms with van der Waals surface area (Å²) in [6.07, 6.45) is 3.63. The lowest BCUT2D eigenvalue weighted by molar-refractivity contribution is -0.136. The highest BCUT2D eigenvalue weighted by Crippen LogP contribution is 1.98. The van der Waals surface area contributed by atoms with Crippen molar-refractivity contribution in [3.05, 3.63) is 23.2 Å². The first-order valence-corrected chi connectivity index (χ1v) is 3.84. The van der Waals surface area contributed by atoms with Crippen LogP contribution in [-0.2, 0) is 9.53 Å². The van der Waals surface area contributed by atoms with Gasteiger partial charge in [-0.05, 0) is 6.92 Å². The van der Waals surface area contributed by atoms with E-state index in [0.717, 1.165) is 5.47 Å². The molecule has 12 heavy (non-hydrogen) atoms. The molecule has 0 atom stereocenters. The molecule has 3 heteroatoms. The van der Waals surface area contributed by atoms with Crippen LogP contribution < -0.4 is 0 Å². The zero-order valence-corrected chi connectivity index (χ0v) is 8.05. The van der Waals surface area contributed by atoms with Crippen molar-refractivity contribution in [2.75, 3.05) is 7.11 Å². The number of allylic oxidation sites excluding steroid dienone is 3. The molecule has 0 spiro atoms. The number of carbonyl (C=O) groups excluding carboxylic acids is 1. The summed E-state index contributed by atoms with van der Waals surface area (Å²) in [6, 6.07) is 0. The van der Waals surface area contributed by atoms with Crippen molar-refractivity contribution in [1.29, 1.82) is 0 Å². The van der Waals surface area contributed by atoms with E-state index in [-0.39, 0.29) is 5.97 Å². The van der Waals surface area contributed by atoms with Gasteiger partial charge in [0.05, 0.1) is 7.11 Å². The average molecular weight is 165 g/mol. The molecule has 0 aromatic carbocycles. The van der Waals surface area contributed by atoms with Crippen LogP contribution in [0.25, 0.3) is 0 Å². The van der Waals surface area contributed by atoms with Crippen LogP contribution in [0.15, 0.2) is 23.2 Å². The largest absolute Gasteiger partial charge is 0.466 e. The average Bonchev–Trinajstić information content (AvgIpc) is 2.11. The molecule has 2 nitrogen and oxygen atoms in total. The summed E-state index contributed by atoms with van der Waals surface area (Å²) in [6.45, 7) is 5.65.